The van der Waals surface area contributed by atoms with Gasteiger partial charge in [-0.2, -0.15) is 0 Å². The highest BCUT2D eigenvalue weighted by atomic mass is 16.5. The normalized spacial score (nSPS) is 31.3. The van der Waals surface area contributed by atoms with E-state index in [2.05, 4.69) is 61.2 Å². The number of benzene rings is 1. The zero-order valence-corrected chi connectivity index (χ0v) is 17.9. The van der Waals surface area contributed by atoms with Crippen molar-refractivity contribution in [3.63, 3.8) is 0 Å². The van der Waals surface area contributed by atoms with Gasteiger partial charge in [-0.15, -0.1) is 0 Å². The average Bonchev–Trinajstić information content (AvgIpc) is 3.17. The summed E-state index contributed by atoms with van der Waals surface area (Å²) in [5, 5.41) is 0. The number of likely N-dealkylation sites (tertiary alicyclic amines) is 1. The number of ether oxygens (including phenoxy) is 1. The standard InChI is InChI=1S/C25H37NO2/c1-4-5-15-25(24(27)28-3)16-13-23(18-25)26-17-14-22(20(2)19-26)12-11-21-9-7-6-8-10-21/h6-12,20,22-23H,4-5,13-19H2,1-3H3/b12-11-/t20-,22+,23?,25?/m0/s1. The Hall–Kier alpha value is -1.61. The van der Waals surface area contributed by atoms with E-state index in [9.17, 15) is 4.79 Å². The number of hydrogen-bond acceptors (Lipinski definition) is 3. The van der Waals surface area contributed by atoms with Crippen LogP contribution in [0.25, 0.3) is 6.08 Å². The molecule has 154 valence electrons. The Morgan fingerprint density at radius 1 is 1.29 bits per heavy atom. The van der Waals surface area contributed by atoms with Crippen LogP contribution in [0.3, 0.4) is 0 Å². The molecule has 1 saturated heterocycles. The van der Waals surface area contributed by atoms with E-state index in [4.69, 9.17) is 4.74 Å². The maximum Gasteiger partial charge on any atom is 0.311 e. The summed E-state index contributed by atoms with van der Waals surface area (Å²) in [6, 6.07) is 11.1. The highest BCUT2D eigenvalue weighted by molar-refractivity contribution is 5.77. The number of carbonyl (C=O) groups is 1. The summed E-state index contributed by atoms with van der Waals surface area (Å²) in [7, 11) is 1.55. The Bertz CT molecular complexity index is 656. The average molecular weight is 384 g/mol. The predicted octanol–water partition coefficient (Wildman–Crippen LogP) is 5.56. The molecule has 0 bridgehead atoms. The molecule has 0 amide bonds. The van der Waals surface area contributed by atoms with Crippen molar-refractivity contribution in [2.75, 3.05) is 20.2 Å². The van der Waals surface area contributed by atoms with Crippen LogP contribution in [0.5, 0.6) is 0 Å². The number of methoxy groups -OCH3 is 1. The van der Waals surface area contributed by atoms with Gasteiger partial charge in [-0.25, -0.2) is 0 Å². The third kappa shape index (κ3) is 4.86. The molecule has 2 unspecified atom stereocenters. The zero-order chi connectivity index (χ0) is 20.0. The summed E-state index contributed by atoms with van der Waals surface area (Å²) in [5.74, 6) is 1.32. The molecule has 1 aromatic rings. The quantitative estimate of drug-likeness (QED) is 0.577. The summed E-state index contributed by atoms with van der Waals surface area (Å²) in [4.78, 5) is 15.2. The van der Waals surface area contributed by atoms with Gasteiger partial charge in [0, 0.05) is 12.6 Å². The zero-order valence-electron chi connectivity index (χ0n) is 17.9. The molecule has 1 aliphatic carbocycles. The van der Waals surface area contributed by atoms with Crippen LogP contribution in [0.1, 0.15) is 64.4 Å². The molecule has 28 heavy (non-hydrogen) atoms. The molecule has 1 aromatic carbocycles. The summed E-state index contributed by atoms with van der Waals surface area (Å²) >= 11 is 0. The minimum absolute atomic E-state index is 0.0252. The van der Waals surface area contributed by atoms with Gasteiger partial charge in [-0.1, -0.05) is 69.2 Å². The number of nitrogens with zero attached hydrogens (tertiary/aromatic N) is 1. The summed E-state index contributed by atoms with van der Waals surface area (Å²) in [5.41, 5.74) is 1.05. The van der Waals surface area contributed by atoms with Crippen LogP contribution in [-0.2, 0) is 9.53 Å². The maximum absolute atomic E-state index is 12.6. The molecule has 1 heterocycles. The lowest BCUT2D eigenvalue weighted by atomic mass is 9.80. The van der Waals surface area contributed by atoms with Crippen LogP contribution in [0.2, 0.25) is 0 Å². The molecule has 0 spiro atoms. The summed E-state index contributed by atoms with van der Waals surface area (Å²) in [6.07, 6.45) is 12.2. The lowest BCUT2D eigenvalue weighted by molar-refractivity contribution is -0.153. The van der Waals surface area contributed by atoms with Crippen molar-refractivity contribution < 1.29 is 9.53 Å². The van der Waals surface area contributed by atoms with E-state index < -0.39 is 0 Å². The van der Waals surface area contributed by atoms with Gasteiger partial charge in [0.25, 0.3) is 0 Å². The molecule has 2 fully saturated rings. The van der Waals surface area contributed by atoms with Crippen molar-refractivity contribution in [1.29, 1.82) is 0 Å². The van der Waals surface area contributed by atoms with Gasteiger partial charge in [-0.05, 0) is 56.0 Å². The van der Waals surface area contributed by atoms with Gasteiger partial charge in [0.1, 0.15) is 0 Å². The van der Waals surface area contributed by atoms with Crippen LogP contribution in [-0.4, -0.2) is 37.1 Å². The first-order chi connectivity index (χ1) is 13.6. The fourth-order valence-corrected chi connectivity index (χ4v) is 5.27. The third-order valence-corrected chi connectivity index (χ3v) is 7.06. The van der Waals surface area contributed by atoms with Crippen LogP contribution >= 0.6 is 0 Å². The highest BCUT2D eigenvalue weighted by Gasteiger charge is 2.47. The lowest BCUT2D eigenvalue weighted by Crippen LogP contribution is -2.44. The minimum Gasteiger partial charge on any atom is -0.469 e. The number of rotatable bonds is 7. The largest absolute Gasteiger partial charge is 0.469 e. The highest BCUT2D eigenvalue weighted by Crippen LogP contribution is 2.46. The molecule has 1 aliphatic heterocycles. The first-order valence-corrected chi connectivity index (χ1v) is 11.1. The minimum atomic E-state index is -0.233. The van der Waals surface area contributed by atoms with Crippen LogP contribution in [0.4, 0.5) is 0 Å². The van der Waals surface area contributed by atoms with E-state index in [1.54, 1.807) is 7.11 Å². The van der Waals surface area contributed by atoms with Crippen LogP contribution in [0.15, 0.2) is 36.4 Å². The van der Waals surface area contributed by atoms with Crippen molar-refractivity contribution in [1.82, 2.24) is 4.90 Å². The van der Waals surface area contributed by atoms with Gasteiger partial charge >= 0.3 is 5.97 Å². The Morgan fingerprint density at radius 2 is 2.07 bits per heavy atom. The van der Waals surface area contributed by atoms with Crippen molar-refractivity contribution in [2.45, 2.75) is 64.8 Å². The topological polar surface area (TPSA) is 29.5 Å². The van der Waals surface area contributed by atoms with Crippen molar-refractivity contribution in [3.8, 4) is 0 Å². The molecule has 1 saturated carbocycles. The molecule has 0 aromatic heterocycles. The van der Waals surface area contributed by atoms with Crippen LogP contribution < -0.4 is 0 Å². The fourth-order valence-electron chi connectivity index (χ4n) is 5.27. The van der Waals surface area contributed by atoms with E-state index >= 15 is 0 Å². The molecule has 0 N–H and O–H groups in total. The second-order valence-electron chi connectivity index (χ2n) is 8.97. The van der Waals surface area contributed by atoms with Gasteiger partial charge in [0.15, 0.2) is 0 Å². The molecular formula is C25H37NO2. The van der Waals surface area contributed by atoms with E-state index in [0.717, 1.165) is 51.6 Å². The Balaban J connectivity index is 1.58. The first kappa shape index (κ1) is 21.1. The van der Waals surface area contributed by atoms with E-state index in [1.807, 2.05) is 0 Å². The number of piperidine rings is 1. The van der Waals surface area contributed by atoms with Crippen LogP contribution in [0, 0.1) is 17.3 Å². The predicted molar refractivity (Wildman–Crippen MR) is 116 cm³/mol. The number of esters is 1. The van der Waals surface area contributed by atoms with Crippen molar-refractivity contribution in [3.05, 3.63) is 42.0 Å². The molecule has 0 radical (unpaired) electrons. The van der Waals surface area contributed by atoms with Crippen molar-refractivity contribution >= 4 is 12.0 Å². The SMILES string of the molecule is CCCCC1(C(=O)OC)CCC(N2CC[C@@H](/C=C\c3ccccc3)[C@@H](C)C2)C1. The third-order valence-electron chi connectivity index (χ3n) is 7.06. The van der Waals surface area contributed by atoms with E-state index in [1.165, 1.54) is 12.0 Å². The van der Waals surface area contributed by atoms with E-state index in [-0.39, 0.29) is 11.4 Å². The Morgan fingerprint density at radius 3 is 2.75 bits per heavy atom. The van der Waals surface area contributed by atoms with Gasteiger partial charge in [0.05, 0.1) is 12.5 Å². The lowest BCUT2D eigenvalue weighted by Gasteiger charge is -2.40. The van der Waals surface area contributed by atoms with Crippen molar-refractivity contribution in [2.24, 2.45) is 17.3 Å². The van der Waals surface area contributed by atoms with Gasteiger partial charge < -0.3 is 9.64 Å². The Labute approximate surface area is 171 Å². The smallest absolute Gasteiger partial charge is 0.311 e. The molecule has 3 nitrogen and oxygen atoms in total. The molecule has 4 atom stereocenters. The monoisotopic (exact) mass is 383 g/mol. The molecule has 3 heteroatoms. The molecular weight excluding hydrogens is 346 g/mol. The second kappa shape index (κ2) is 9.73. The van der Waals surface area contributed by atoms with Gasteiger partial charge in [-0.3, -0.25) is 4.79 Å². The molecule has 2 aliphatic rings. The second-order valence-corrected chi connectivity index (χ2v) is 8.97. The van der Waals surface area contributed by atoms with Gasteiger partial charge in [0.2, 0.25) is 0 Å². The number of allylic oxidation sites excluding steroid dienone is 1. The summed E-state index contributed by atoms with van der Waals surface area (Å²) < 4.78 is 5.22. The first-order valence-electron chi connectivity index (χ1n) is 11.1. The number of hydrogen-bond donors (Lipinski definition) is 0. The van der Waals surface area contributed by atoms with E-state index in [0.29, 0.717) is 17.9 Å². The maximum atomic E-state index is 12.6. The Kier molecular flexibility index (Phi) is 7.34. The molecule has 3 rings (SSSR count). The summed E-state index contributed by atoms with van der Waals surface area (Å²) in [6.45, 7) is 6.86. The number of unbranched alkanes of at least 4 members (excludes halogenated alkanes) is 1. The fraction of sp³-hybridized carbons (Fsp3) is 0.640. The number of carbonyl (C=O) groups excluding carboxylic acids is 1.